The van der Waals surface area contributed by atoms with Crippen LogP contribution in [0, 0.1) is 5.82 Å². The predicted octanol–water partition coefficient (Wildman–Crippen LogP) is 6.00. The van der Waals surface area contributed by atoms with Gasteiger partial charge in [-0.3, -0.25) is 5.43 Å². The van der Waals surface area contributed by atoms with Gasteiger partial charge >= 0.3 is 0 Å². The van der Waals surface area contributed by atoms with E-state index < -0.39 is 5.82 Å². The van der Waals surface area contributed by atoms with Crippen molar-refractivity contribution in [2.75, 3.05) is 22.3 Å². The second kappa shape index (κ2) is 10.2. The third kappa shape index (κ3) is 5.41. The molecule has 7 nitrogen and oxygen atoms in total. The minimum Gasteiger partial charge on any atom is -0.504 e. The number of hydrogen-bond donors (Lipinski definition) is 4. The molecule has 0 unspecified atom stereocenters. The van der Waals surface area contributed by atoms with Gasteiger partial charge in [0.25, 0.3) is 0 Å². The summed E-state index contributed by atoms with van der Waals surface area (Å²) in [7, 11) is 1.51. The molecular formula is C22H19ClFN5O2S2. The molecule has 2 heterocycles. The highest BCUT2D eigenvalue weighted by molar-refractivity contribution is 7.81. The van der Waals surface area contributed by atoms with Crippen LogP contribution in [0.25, 0.3) is 11.3 Å². The van der Waals surface area contributed by atoms with Crippen molar-refractivity contribution in [2.24, 2.45) is 0 Å². The first kappa shape index (κ1) is 23.0. The standard InChI is InChI=1S/C22H19ClFN5O2S2/c1-31-19-4-2-3-14(21(19)30)10-25-15-6-8-20(26-11-15)29(32)28-22-27-18(12-33-22)13-5-7-16(23)17(24)9-13/h2-9,11-12,25,30,32H,10H2,1H3,(H,27,28). The van der Waals surface area contributed by atoms with Gasteiger partial charge in [0, 0.05) is 23.1 Å². The van der Waals surface area contributed by atoms with Crippen molar-refractivity contribution in [2.45, 2.75) is 6.54 Å². The molecule has 4 aromatic rings. The number of methoxy groups -OCH3 is 1. The van der Waals surface area contributed by atoms with E-state index in [2.05, 4.69) is 33.5 Å². The molecular weight excluding hydrogens is 485 g/mol. The second-order valence-electron chi connectivity index (χ2n) is 6.82. The Morgan fingerprint density at radius 2 is 2.09 bits per heavy atom. The van der Waals surface area contributed by atoms with Crippen molar-refractivity contribution >= 4 is 52.4 Å². The Kier molecular flexibility index (Phi) is 7.07. The molecule has 0 bridgehead atoms. The summed E-state index contributed by atoms with van der Waals surface area (Å²) in [5.74, 6) is 0.576. The Bertz CT molecular complexity index is 1260. The van der Waals surface area contributed by atoms with E-state index >= 15 is 0 Å². The summed E-state index contributed by atoms with van der Waals surface area (Å²) in [6.45, 7) is 0.403. The van der Waals surface area contributed by atoms with Gasteiger partial charge in [-0.2, -0.15) is 0 Å². The van der Waals surface area contributed by atoms with Crippen LogP contribution in [0.3, 0.4) is 0 Å². The number of nitrogens with zero attached hydrogens (tertiary/aromatic N) is 3. The smallest absolute Gasteiger partial charge is 0.203 e. The largest absolute Gasteiger partial charge is 0.504 e. The van der Waals surface area contributed by atoms with Crippen molar-refractivity contribution in [1.29, 1.82) is 0 Å². The van der Waals surface area contributed by atoms with Crippen LogP contribution in [0.2, 0.25) is 5.02 Å². The molecule has 0 aliphatic heterocycles. The predicted molar refractivity (Wildman–Crippen MR) is 134 cm³/mol. The van der Waals surface area contributed by atoms with E-state index in [4.69, 9.17) is 16.3 Å². The van der Waals surface area contributed by atoms with Gasteiger partial charge in [0.2, 0.25) is 5.13 Å². The van der Waals surface area contributed by atoms with Crippen LogP contribution < -0.4 is 19.9 Å². The first-order chi connectivity index (χ1) is 15.9. The summed E-state index contributed by atoms with van der Waals surface area (Å²) in [4.78, 5) is 8.83. The zero-order valence-electron chi connectivity index (χ0n) is 17.3. The summed E-state index contributed by atoms with van der Waals surface area (Å²) in [6, 6.07) is 13.5. The van der Waals surface area contributed by atoms with Crippen LogP contribution in [0.1, 0.15) is 5.56 Å². The topological polar surface area (TPSA) is 82.5 Å². The summed E-state index contributed by atoms with van der Waals surface area (Å²) in [5, 5.41) is 15.8. The third-order valence-corrected chi connectivity index (χ3v) is 6.03. The minimum absolute atomic E-state index is 0.0677. The van der Waals surface area contributed by atoms with Gasteiger partial charge in [-0.25, -0.2) is 18.8 Å². The second-order valence-corrected chi connectivity index (χ2v) is 8.48. The van der Waals surface area contributed by atoms with E-state index in [1.165, 1.54) is 35.0 Å². The number of halogens is 2. The number of rotatable bonds is 8. The quantitative estimate of drug-likeness (QED) is 0.173. The van der Waals surface area contributed by atoms with E-state index in [-0.39, 0.29) is 10.8 Å². The number of thiol groups is 1. The van der Waals surface area contributed by atoms with E-state index in [1.54, 1.807) is 29.8 Å². The zero-order valence-corrected chi connectivity index (χ0v) is 19.8. The Morgan fingerprint density at radius 1 is 1.24 bits per heavy atom. The van der Waals surface area contributed by atoms with Gasteiger partial charge in [-0.15, -0.1) is 11.3 Å². The zero-order chi connectivity index (χ0) is 23.4. The number of ether oxygens (including phenoxy) is 1. The number of phenols is 1. The highest BCUT2D eigenvalue weighted by atomic mass is 35.5. The lowest BCUT2D eigenvalue weighted by Gasteiger charge is -2.17. The summed E-state index contributed by atoms with van der Waals surface area (Å²) >= 11 is 11.5. The molecule has 0 amide bonds. The molecule has 0 aliphatic rings. The number of anilines is 3. The van der Waals surface area contributed by atoms with E-state index in [0.29, 0.717) is 40.1 Å². The number of hydrogen-bond acceptors (Lipinski definition) is 9. The third-order valence-electron chi connectivity index (χ3n) is 4.67. The van der Waals surface area contributed by atoms with Gasteiger partial charge in [0.15, 0.2) is 17.3 Å². The average molecular weight is 504 g/mol. The number of para-hydroxylation sites is 1. The fourth-order valence-electron chi connectivity index (χ4n) is 2.95. The molecule has 0 fully saturated rings. The molecule has 0 saturated heterocycles. The number of aromatic nitrogens is 2. The van der Waals surface area contributed by atoms with Gasteiger partial charge in [-0.1, -0.05) is 29.8 Å². The first-order valence-electron chi connectivity index (χ1n) is 9.66. The Morgan fingerprint density at radius 3 is 2.82 bits per heavy atom. The van der Waals surface area contributed by atoms with Crippen molar-refractivity contribution < 1.29 is 14.2 Å². The maximum absolute atomic E-state index is 13.7. The van der Waals surface area contributed by atoms with E-state index in [0.717, 1.165) is 5.69 Å². The molecule has 4 rings (SSSR count). The van der Waals surface area contributed by atoms with E-state index in [9.17, 15) is 9.50 Å². The first-order valence-corrected chi connectivity index (χ1v) is 11.3. The number of phenolic OH excluding ortho intramolecular Hbond substituents is 1. The van der Waals surface area contributed by atoms with Gasteiger partial charge in [0.1, 0.15) is 5.82 Å². The molecule has 0 atom stereocenters. The Hall–Kier alpha value is -3.21. The number of thiazole rings is 1. The SMILES string of the molecule is COc1cccc(CNc2ccc(N(S)Nc3nc(-c4ccc(Cl)c(F)c4)cs3)nc2)c1O. The highest BCUT2D eigenvalue weighted by Gasteiger charge is 2.11. The molecule has 2 aromatic heterocycles. The number of hydrazine groups is 1. The molecule has 33 heavy (non-hydrogen) atoms. The minimum atomic E-state index is -0.494. The van der Waals surface area contributed by atoms with Crippen LogP contribution in [-0.4, -0.2) is 22.2 Å². The Labute approximate surface area is 204 Å². The van der Waals surface area contributed by atoms with Crippen molar-refractivity contribution in [3.8, 4) is 22.8 Å². The van der Waals surface area contributed by atoms with Crippen LogP contribution in [0.5, 0.6) is 11.5 Å². The highest BCUT2D eigenvalue weighted by Crippen LogP contribution is 2.31. The van der Waals surface area contributed by atoms with Gasteiger partial charge < -0.3 is 15.2 Å². The average Bonchev–Trinajstić information content (AvgIpc) is 3.29. The van der Waals surface area contributed by atoms with Gasteiger partial charge in [0.05, 0.1) is 29.7 Å². The molecule has 0 saturated carbocycles. The summed E-state index contributed by atoms with van der Waals surface area (Å²) in [6.07, 6.45) is 1.65. The van der Waals surface area contributed by atoms with Crippen LogP contribution in [0.4, 0.5) is 21.0 Å². The number of aromatic hydroxyl groups is 1. The van der Waals surface area contributed by atoms with Crippen molar-refractivity contribution in [1.82, 2.24) is 9.97 Å². The number of benzene rings is 2. The summed E-state index contributed by atoms with van der Waals surface area (Å²) in [5.41, 5.74) is 5.75. The van der Waals surface area contributed by atoms with Crippen molar-refractivity contribution in [3.63, 3.8) is 0 Å². The summed E-state index contributed by atoms with van der Waals surface area (Å²) < 4.78 is 20.3. The fourth-order valence-corrected chi connectivity index (χ4v) is 4.05. The fraction of sp³-hybridized carbons (Fsp3) is 0.0909. The molecule has 0 radical (unpaired) electrons. The lowest BCUT2D eigenvalue weighted by Crippen LogP contribution is -2.19. The molecule has 2 aromatic carbocycles. The maximum atomic E-state index is 13.7. The van der Waals surface area contributed by atoms with Crippen LogP contribution in [0.15, 0.2) is 60.1 Å². The number of pyridine rings is 1. The lowest BCUT2D eigenvalue weighted by atomic mass is 10.2. The lowest BCUT2D eigenvalue weighted by molar-refractivity contribution is 0.371. The van der Waals surface area contributed by atoms with E-state index in [1.807, 2.05) is 18.2 Å². The molecule has 0 spiro atoms. The molecule has 3 N–H and O–H groups in total. The van der Waals surface area contributed by atoms with Crippen molar-refractivity contribution in [3.05, 3.63) is 76.5 Å². The maximum Gasteiger partial charge on any atom is 0.203 e. The van der Waals surface area contributed by atoms with Crippen LogP contribution >= 0.6 is 35.8 Å². The van der Waals surface area contributed by atoms with Gasteiger partial charge in [-0.05, 0) is 43.1 Å². The number of nitrogens with one attached hydrogen (secondary N) is 2. The Balaban J connectivity index is 1.37. The van der Waals surface area contributed by atoms with Crippen LogP contribution in [-0.2, 0) is 6.54 Å². The molecule has 11 heteroatoms. The molecule has 170 valence electrons. The normalized spacial score (nSPS) is 10.7. The monoisotopic (exact) mass is 503 g/mol. The molecule has 0 aliphatic carbocycles.